The monoisotopic (exact) mass is 462 g/mol. The summed E-state index contributed by atoms with van der Waals surface area (Å²) in [6.07, 6.45) is -4.92. The Kier molecular flexibility index (Phi) is 5.10. The van der Waals surface area contributed by atoms with Crippen molar-refractivity contribution in [3.8, 4) is 28.7 Å². The molecule has 2 aromatic carbocycles. The first kappa shape index (κ1) is 20.5. The summed E-state index contributed by atoms with van der Waals surface area (Å²) in [7, 11) is 0. The molecule has 0 amide bonds. The molecule has 0 saturated carbocycles. The minimum absolute atomic E-state index is 0.164. The molecule has 0 N–H and O–H groups in total. The van der Waals surface area contributed by atoms with Crippen LogP contribution in [-0.4, -0.2) is 26.3 Å². The van der Waals surface area contributed by atoms with Crippen LogP contribution in [0.4, 0.5) is 13.2 Å². The van der Waals surface area contributed by atoms with Gasteiger partial charge in [-0.25, -0.2) is 0 Å². The smallest absolute Gasteiger partial charge is 0.406 e. The maximum Gasteiger partial charge on any atom is 0.573 e. The third-order valence-electron chi connectivity index (χ3n) is 4.87. The van der Waals surface area contributed by atoms with E-state index in [9.17, 15) is 13.2 Å². The Morgan fingerprint density at radius 1 is 1.06 bits per heavy atom. The van der Waals surface area contributed by atoms with E-state index in [0.717, 1.165) is 11.3 Å². The number of ether oxygens (including phenoxy) is 2. The van der Waals surface area contributed by atoms with Gasteiger partial charge in [0.2, 0.25) is 5.82 Å². The summed E-state index contributed by atoms with van der Waals surface area (Å²) in [6.45, 7) is 0.876. The minimum atomic E-state index is -4.75. The average molecular weight is 463 g/mol. The minimum Gasteiger partial charge on any atom is -0.406 e. The highest BCUT2D eigenvalue weighted by molar-refractivity contribution is 6.30. The molecule has 0 fully saturated rings. The number of rotatable bonds is 4. The number of fused-ring (bicyclic) bond motifs is 1. The average Bonchev–Trinajstić information content (AvgIpc) is 3.40. The fourth-order valence-electron chi connectivity index (χ4n) is 3.36. The van der Waals surface area contributed by atoms with Gasteiger partial charge in [-0.3, -0.25) is 4.68 Å². The Bertz CT molecular complexity index is 1240. The van der Waals surface area contributed by atoms with Gasteiger partial charge in [0, 0.05) is 10.6 Å². The van der Waals surface area contributed by atoms with Gasteiger partial charge < -0.3 is 14.0 Å². The highest BCUT2D eigenvalue weighted by Gasteiger charge is 2.31. The van der Waals surface area contributed by atoms with Crippen LogP contribution < -0.4 is 4.74 Å². The number of benzene rings is 2. The maximum absolute atomic E-state index is 12.3. The molecule has 0 saturated heterocycles. The fraction of sp³-hybridized carbons (Fsp3) is 0.190. The second-order valence-electron chi connectivity index (χ2n) is 7.05. The van der Waals surface area contributed by atoms with Crippen LogP contribution in [0.25, 0.3) is 23.0 Å². The summed E-state index contributed by atoms with van der Waals surface area (Å²) in [5.41, 5.74) is 2.81. The van der Waals surface area contributed by atoms with Crippen molar-refractivity contribution in [1.82, 2.24) is 19.9 Å². The Labute approximate surface area is 184 Å². The zero-order chi connectivity index (χ0) is 22.3. The van der Waals surface area contributed by atoms with Gasteiger partial charge in [0.05, 0.1) is 18.8 Å². The second kappa shape index (κ2) is 7.95. The first-order valence-electron chi connectivity index (χ1n) is 9.48. The van der Waals surface area contributed by atoms with Crippen molar-refractivity contribution in [1.29, 1.82) is 0 Å². The largest absolute Gasteiger partial charge is 0.573 e. The van der Waals surface area contributed by atoms with Gasteiger partial charge in [-0.1, -0.05) is 28.9 Å². The normalized spacial score (nSPS) is 16.1. The van der Waals surface area contributed by atoms with Crippen LogP contribution in [0, 0.1) is 0 Å². The number of hydrogen-bond donors (Lipinski definition) is 0. The van der Waals surface area contributed by atoms with E-state index in [2.05, 4.69) is 20.0 Å². The molecule has 0 spiro atoms. The van der Waals surface area contributed by atoms with E-state index in [-0.39, 0.29) is 23.6 Å². The summed E-state index contributed by atoms with van der Waals surface area (Å²) in [6, 6.07) is 14.4. The van der Waals surface area contributed by atoms with Crippen molar-refractivity contribution in [3.63, 3.8) is 0 Å². The van der Waals surface area contributed by atoms with Crippen molar-refractivity contribution in [2.24, 2.45) is 0 Å². The number of hydrogen-bond acceptors (Lipinski definition) is 6. The van der Waals surface area contributed by atoms with E-state index in [1.165, 1.54) is 24.3 Å². The molecule has 32 heavy (non-hydrogen) atoms. The molecule has 0 aliphatic carbocycles. The van der Waals surface area contributed by atoms with Gasteiger partial charge in [-0.15, -0.1) is 13.2 Å². The summed E-state index contributed by atoms with van der Waals surface area (Å²) in [5, 5.41) is 9.10. The fourth-order valence-corrected chi connectivity index (χ4v) is 3.49. The molecule has 0 unspecified atom stereocenters. The summed E-state index contributed by atoms with van der Waals surface area (Å²) in [4.78, 5) is 4.31. The predicted molar refractivity (Wildman–Crippen MR) is 107 cm³/mol. The lowest BCUT2D eigenvalue weighted by Gasteiger charge is -2.24. The van der Waals surface area contributed by atoms with E-state index >= 15 is 0 Å². The van der Waals surface area contributed by atoms with E-state index in [4.69, 9.17) is 20.9 Å². The van der Waals surface area contributed by atoms with Crippen molar-refractivity contribution >= 4 is 11.6 Å². The molecule has 0 radical (unpaired) electrons. The Morgan fingerprint density at radius 3 is 2.53 bits per heavy atom. The Hall–Kier alpha value is -3.37. The molecular weight excluding hydrogens is 449 g/mol. The van der Waals surface area contributed by atoms with Crippen molar-refractivity contribution in [2.45, 2.75) is 25.6 Å². The standard InChI is InChI=1S/C21H14ClF3N4O3/c22-14-5-1-12(2-6-14)18-10-29-15(11-30-18)9-17(27-29)20-26-19(28-32-20)13-3-7-16(8-4-13)31-21(23,24)25/h1-9,18H,10-11H2/t18-/m1/s1. The molecule has 4 aromatic rings. The first-order valence-corrected chi connectivity index (χ1v) is 9.86. The van der Waals surface area contributed by atoms with Crippen LogP contribution >= 0.6 is 11.6 Å². The molecule has 7 nitrogen and oxygen atoms in total. The molecule has 0 bridgehead atoms. The van der Waals surface area contributed by atoms with Gasteiger partial charge in [-0.2, -0.15) is 10.1 Å². The summed E-state index contributed by atoms with van der Waals surface area (Å²) in [5.74, 6) is 0.0855. The Balaban J connectivity index is 1.33. The van der Waals surface area contributed by atoms with E-state index < -0.39 is 6.36 Å². The molecular formula is C21H14ClF3N4O3. The second-order valence-corrected chi connectivity index (χ2v) is 7.49. The molecule has 2 aromatic heterocycles. The lowest BCUT2D eigenvalue weighted by Crippen LogP contribution is -2.21. The topological polar surface area (TPSA) is 75.2 Å². The molecule has 164 valence electrons. The Morgan fingerprint density at radius 2 is 1.81 bits per heavy atom. The molecule has 1 aliphatic rings. The van der Waals surface area contributed by atoms with Crippen LogP contribution in [0.5, 0.6) is 5.75 Å². The van der Waals surface area contributed by atoms with Crippen molar-refractivity contribution in [2.75, 3.05) is 0 Å². The third-order valence-corrected chi connectivity index (χ3v) is 5.12. The van der Waals surface area contributed by atoms with Gasteiger partial charge in [0.15, 0.2) is 5.69 Å². The van der Waals surface area contributed by atoms with Crippen molar-refractivity contribution < 1.29 is 27.2 Å². The van der Waals surface area contributed by atoms with Crippen LogP contribution in [0.1, 0.15) is 17.4 Å². The number of aromatic nitrogens is 4. The highest BCUT2D eigenvalue weighted by atomic mass is 35.5. The van der Waals surface area contributed by atoms with Crippen LogP contribution in [0.2, 0.25) is 5.02 Å². The van der Waals surface area contributed by atoms with E-state index in [1.54, 1.807) is 6.07 Å². The lowest BCUT2D eigenvalue weighted by molar-refractivity contribution is -0.274. The first-order chi connectivity index (χ1) is 15.3. The molecule has 3 heterocycles. The van der Waals surface area contributed by atoms with Gasteiger partial charge >= 0.3 is 6.36 Å². The van der Waals surface area contributed by atoms with Crippen LogP contribution in [0.15, 0.2) is 59.1 Å². The number of alkyl halides is 3. The van der Waals surface area contributed by atoms with Crippen LogP contribution in [0.3, 0.4) is 0 Å². The van der Waals surface area contributed by atoms with Gasteiger partial charge in [-0.05, 0) is 48.0 Å². The van der Waals surface area contributed by atoms with E-state index in [0.29, 0.717) is 29.4 Å². The molecule has 1 atom stereocenters. The third kappa shape index (κ3) is 4.32. The number of nitrogens with zero attached hydrogens (tertiary/aromatic N) is 4. The van der Waals surface area contributed by atoms with Crippen molar-refractivity contribution in [3.05, 3.63) is 70.9 Å². The molecule has 11 heteroatoms. The van der Waals surface area contributed by atoms with Gasteiger partial charge in [0.25, 0.3) is 5.89 Å². The SMILES string of the molecule is FC(F)(F)Oc1ccc(-c2noc(-c3cc4n(n3)C[C@H](c3ccc(Cl)cc3)OC4)n2)cc1. The lowest BCUT2D eigenvalue weighted by atomic mass is 10.1. The van der Waals surface area contributed by atoms with E-state index in [1.807, 2.05) is 28.9 Å². The van der Waals surface area contributed by atoms with Crippen LogP contribution in [-0.2, 0) is 17.9 Å². The zero-order valence-corrected chi connectivity index (χ0v) is 17.0. The number of halogens is 4. The molecule has 5 rings (SSSR count). The predicted octanol–water partition coefficient (Wildman–Crippen LogP) is 5.42. The highest BCUT2D eigenvalue weighted by Crippen LogP contribution is 2.30. The zero-order valence-electron chi connectivity index (χ0n) is 16.2. The summed E-state index contributed by atoms with van der Waals surface area (Å²) >= 11 is 5.95. The summed E-state index contributed by atoms with van der Waals surface area (Å²) < 4.78 is 53.9. The molecule has 1 aliphatic heterocycles. The quantitative estimate of drug-likeness (QED) is 0.403. The maximum atomic E-state index is 12.3. The van der Waals surface area contributed by atoms with Gasteiger partial charge in [0.1, 0.15) is 11.9 Å².